The number of benzene rings is 1. The topological polar surface area (TPSA) is 38.8 Å². The van der Waals surface area contributed by atoms with Crippen molar-refractivity contribution in [2.45, 2.75) is 38.6 Å². The highest BCUT2D eigenvalue weighted by Crippen LogP contribution is 2.18. The first kappa shape index (κ1) is 15.8. The maximum absolute atomic E-state index is 11.8. The summed E-state index contributed by atoms with van der Waals surface area (Å²) in [6, 6.07) is 8.01. The van der Waals surface area contributed by atoms with E-state index in [4.69, 9.17) is 9.47 Å². The van der Waals surface area contributed by atoms with Crippen LogP contribution in [0.15, 0.2) is 24.3 Å². The lowest BCUT2D eigenvalue weighted by molar-refractivity contribution is -0.148. The average Bonchev–Trinajstić information content (AvgIpc) is 2.51. The highest BCUT2D eigenvalue weighted by atomic mass is 16.5. The molecule has 1 atom stereocenters. The Morgan fingerprint density at radius 3 is 3.00 bits per heavy atom. The molecule has 4 heteroatoms. The Labute approximate surface area is 127 Å². The van der Waals surface area contributed by atoms with Crippen LogP contribution < -0.4 is 4.74 Å². The van der Waals surface area contributed by atoms with E-state index < -0.39 is 0 Å². The van der Waals surface area contributed by atoms with Gasteiger partial charge in [0.1, 0.15) is 11.8 Å². The van der Waals surface area contributed by atoms with Crippen LogP contribution in [-0.2, 0) is 9.53 Å². The number of nitrogens with zero attached hydrogens (tertiary/aromatic N) is 1. The van der Waals surface area contributed by atoms with Gasteiger partial charge in [-0.2, -0.15) is 0 Å². The van der Waals surface area contributed by atoms with Crippen LogP contribution in [0.1, 0.15) is 31.2 Å². The van der Waals surface area contributed by atoms with Crippen LogP contribution in [0.2, 0.25) is 0 Å². The molecule has 1 fully saturated rings. The summed E-state index contributed by atoms with van der Waals surface area (Å²) in [4.78, 5) is 14.0. The molecule has 0 aliphatic carbocycles. The number of carbonyl (C=O) groups is 1. The van der Waals surface area contributed by atoms with Gasteiger partial charge in [0.15, 0.2) is 0 Å². The van der Waals surface area contributed by atoms with E-state index in [-0.39, 0.29) is 12.0 Å². The SMILES string of the molecule is COC(=O)[C@H]1CCCCN1CCCOc1cccc(C)c1. The molecule has 0 spiro atoms. The van der Waals surface area contributed by atoms with Crippen molar-refractivity contribution in [3.8, 4) is 5.75 Å². The Bertz CT molecular complexity index is 461. The van der Waals surface area contributed by atoms with Gasteiger partial charge in [0, 0.05) is 6.54 Å². The molecule has 0 amide bonds. The van der Waals surface area contributed by atoms with Gasteiger partial charge in [-0.3, -0.25) is 9.69 Å². The largest absolute Gasteiger partial charge is 0.494 e. The van der Waals surface area contributed by atoms with Crippen molar-refractivity contribution in [2.75, 3.05) is 26.8 Å². The predicted octanol–water partition coefficient (Wildman–Crippen LogP) is 2.79. The molecule has 1 aromatic carbocycles. The molecule has 2 rings (SSSR count). The smallest absolute Gasteiger partial charge is 0.323 e. The van der Waals surface area contributed by atoms with Crippen molar-refractivity contribution < 1.29 is 14.3 Å². The van der Waals surface area contributed by atoms with Crippen LogP contribution in [0, 0.1) is 6.92 Å². The monoisotopic (exact) mass is 291 g/mol. The van der Waals surface area contributed by atoms with Gasteiger partial charge in [-0.05, 0) is 50.4 Å². The Morgan fingerprint density at radius 1 is 1.38 bits per heavy atom. The summed E-state index contributed by atoms with van der Waals surface area (Å²) in [6.07, 6.45) is 4.09. The van der Waals surface area contributed by atoms with E-state index in [1.807, 2.05) is 18.2 Å². The number of piperidine rings is 1. The molecule has 1 aliphatic rings. The number of carbonyl (C=O) groups excluding carboxylic acids is 1. The maximum atomic E-state index is 11.8. The number of hydrogen-bond acceptors (Lipinski definition) is 4. The molecule has 0 unspecified atom stereocenters. The van der Waals surface area contributed by atoms with Gasteiger partial charge < -0.3 is 9.47 Å². The van der Waals surface area contributed by atoms with Crippen LogP contribution in [-0.4, -0.2) is 43.7 Å². The van der Waals surface area contributed by atoms with Crippen LogP contribution in [0.4, 0.5) is 0 Å². The third-order valence-corrected chi connectivity index (χ3v) is 3.93. The van der Waals surface area contributed by atoms with Gasteiger partial charge in [0.25, 0.3) is 0 Å². The molecule has 0 aromatic heterocycles. The van der Waals surface area contributed by atoms with Crippen molar-refractivity contribution in [1.29, 1.82) is 0 Å². The van der Waals surface area contributed by atoms with Crippen molar-refractivity contribution in [1.82, 2.24) is 4.90 Å². The quantitative estimate of drug-likeness (QED) is 0.597. The van der Waals surface area contributed by atoms with E-state index in [1.165, 1.54) is 12.7 Å². The zero-order valence-corrected chi connectivity index (χ0v) is 13.0. The Morgan fingerprint density at radius 2 is 2.24 bits per heavy atom. The number of methoxy groups -OCH3 is 1. The first-order chi connectivity index (χ1) is 10.2. The summed E-state index contributed by atoms with van der Waals surface area (Å²) in [5, 5.41) is 0. The summed E-state index contributed by atoms with van der Waals surface area (Å²) < 4.78 is 10.7. The van der Waals surface area contributed by atoms with E-state index in [1.54, 1.807) is 0 Å². The standard InChI is InChI=1S/C17H25NO3/c1-14-7-5-8-15(13-14)21-12-6-11-18-10-4-3-9-16(18)17(19)20-2/h5,7-8,13,16H,3-4,6,9-12H2,1-2H3/t16-/m1/s1. The van der Waals surface area contributed by atoms with Gasteiger partial charge in [-0.25, -0.2) is 0 Å². The fourth-order valence-corrected chi connectivity index (χ4v) is 2.82. The highest BCUT2D eigenvalue weighted by Gasteiger charge is 2.28. The summed E-state index contributed by atoms with van der Waals surface area (Å²) in [5.41, 5.74) is 1.20. The Balaban J connectivity index is 1.75. The second kappa shape index (κ2) is 8.03. The molecule has 1 aromatic rings. The molecule has 0 radical (unpaired) electrons. The molecule has 116 valence electrons. The van der Waals surface area contributed by atoms with E-state index in [9.17, 15) is 4.79 Å². The van der Waals surface area contributed by atoms with E-state index in [0.717, 1.165) is 44.5 Å². The van der Waals surface area contributed by atoms with Crippen molar-refractivity contribution in [3.63, 3.8) is 0 Å². The highest BCUT2D eigenvalue weighted by molar-refractivity contribution is 5.75. The number of aryl methyl sites for hydroxylation is 1. The third-order valence-electron chi connectivity index (χ3n) is 3.93. The Kier molecular flexibility index (Phi) is 6.05. The van der Waals surface area contributed by atoms with E-state index in [2.05, 4.69) is 17.9 Å². The first-order valence-corrected chi connectivity index (χ1v) is 7.72. The summed E-state index contributed by atoms with van der Waals surface area (Å²) >= 11 is 0. The number of rotatable bonds is 6. The maximum Gasteiger partial charge on any atom is 0.323 e. The number of likely N-dealkylation sites (tertiary alicyclic amines) is 1. The summed E-state index contributed by atoms with van der Waals surface area (Å²) in [6.45, 7) is 4.59. The van der Waals surface area contributed by atoms with Gasteiger partial charge in [-0.15, -0.1) is 0 Å². The second-order valence-electron chi connectivity index (χ2n) is 5.59. The Hall–Kier alpha value is -1.55. The normalized spacial score (nSPS) is 19.2. The second-order valence-corrected chi connectivity index (χ2v) is 5.59. The van der Waals surface area contributed by atoms with Crippen LogP contribution >= 0.6 is 0 Å². The zero-order valence-electron chi connectivity index (χ0n) is 13.0. The van der Waals surface area contributed by atoms with Gasteiger partial charge in [0.2, 0.25) is 0 Å². The molecule has 0 saturated carbocycles. The van der Waals surface area contributed by atoms with Crippen LogP contribution in [0.5, 0.6) is 5.75 Å². The van der Waals surface area contributed by atoms with Crippen molar-refractivity contribution in [3.05, 3.63) is 29.8 Å². The minimum absolute atomic E-state index is 0.0669. The van der Waals surface area contributed by atoms with Crippen molar-refractivity contribution in [2.24, 2.45) is 0 Å². The molecule has 1 heterocycles. The zero-order chi connectivity index (χ0) is 15.1. The third kappa shape index (κ3) is 4.74. The molecule has 1 saturated heterocycles. The average molecular weight is 291 g/mol. The number of ether oxygens (including phenoxy) is 2. The van der Waals surface area contributed by atoms with E-state index >= 15 is 0 Å². The van der Waals surface area contributed by atoms with Gasteiger partial charge in [-0.1, -0.05) is 18.6 Å². The minimum atomic E-state index is -0.102. The molecular formula is C17H25NO3. The lowest BCUT2D eigenvalue weighted by atomic mass is 10.0. The van der Waals surface area contributed by atoms with Gasteiger partial charge in [0.05, 0.1) is 13.7 Å². The lowest BCUT2D eigenvalue weighted by Gasteiger charge is -2.33. The number of esters is 1. The first-order valence-electron chi connectivity index (χ1n) is 7.72. The summed E-state index contributed by atoms with van der Waals surface area (Å²) in [7, 11) is 1.47. The molecule has 0 N–H and O–H groups in total. The molecule has 1 aliphatic heterocycles. The predicted molar refractivity (Wildman–Crippen MR) is 82.5 cm³/mol. The number of hydrogen-bond donors (Lipinski definition) is 0. The molecule has 21 heavy (non-hydrogen) atoms. The van der Waals surface area contributed by atoms with Crippen molar-refractivity contribution >= 4 is 5.97 Å². The fraction of sp³-hybridized carbons (Fsp3) is 0.588. The lowest BCUT2D eigenvalue weighted by Crippen LogP contribution is -2.45. The van der Waals surface area contributed by atoms with Gasteiger partial charge >= 0.3 is 5.97 Å². The fourth-order valence-electron chi connectivity index (χ4n) is 2.82. The summed E-state index contributed by atoms with van der Waals surface area (Å²) in [5.74, 6) is 0.812. The van der Waals surface area contributed by atoms with Crippen LogP contribution in [0.3, 0.4) is 0 Å². The van der Waals surface area contributed by atoms with E-state index in [0.29, 0.717) is 6.61 Å². The van der Waals surface area contributed by atoms with Crippen LogP contribution in [0.25, 0.3) is 0 Å². The molecular weight excluding hydrogens is 266 g/mol. The molecule has 4 nitrogen and oxygen atoms in total. The minimum Gasteiger partial charge on any atom is -0.494 e. The molecule has 0 bridgehead atoms.